The highest BCUT2D eigenvalue weighted by Crippen LogP contribution is 2.34. The number of aromatic hydroxyl groups is 1. The Kier molecular flexibility index (Phi) is 8.41. The van der Waals surface area contributed by atoms with Crippen LogP contribution in [0, 0.1) is 0 Å². The molecule has 1 fully saturated rings. The molecule has 28 heavy (non-hydrogen) atoms. The fourth-order valence-corrected chi connectivity index (χ4v) is 3.65. The van der Waals surface area contributed by atoms with Crippen LogP contribution in [0.2, 0.25) is 0 Å². The standard InChI is InChI=1S/C16H24O.C10H14O/c1-4-13(2)14-7-9-15(10-8-14)17-16(3)11-5-6-12-16;1-3-8(2)9-4-6-10(11)7-5-9/h7-10,13H,4-6,11-12H2,1-3H3;4-8,11H,3H2,1-2H3. The molecule has 0 aliphatic heterocycles. The summed E-state index contributed by atoms with van der Waals surface area (Å²) in [5.74, 6) is 2.61. The molecule has 3 rings (SSSR count). The van der Waals surface area contributed by atoms with Crippen LogP contribution in [0.3, 0.4) is 0 Å². The van der Waals surface area contributed by atoms with Crippen molar-refractivity contribution in [3.8, 4) is 11.5 Å². The van der Waals surface area contributed by atoms with Crippen LogP contribution in [0.1, 0.15) is 96.1 Å². The van der Waals surface area contributed by atoms with Gasteiger partial charge in [-0.05, 0) is 92.7 Å². The highest BCUT2D eigenvalue weighted by atomic mass is 16.5. The van der Waals surface area contributed by atoms with Gasteiger partial charge in [-0.3, -0.25) is 0 Å². The molecule has 0 spiro atoms. The Morgan fingerprint density at radius 2 is 1.25 bits per heavy atom. The van der Waals surface area contributed by atoms with Crippen LogP contribution in [0.15, 0.2) is 48.5 Å². The molecule has 0 amide bonds. The Balaban J connectivity index is 0.000000221. The van der Waals surface area contributed by atoms with Crippen LogP contribution >= 0.6 is 0 Å². The van der Waals surface area contributed by atoms with Crippen LogP contribution in [-0.2, 0) is 0 Å². The first kappa shape index (κ1) is 22.3. The summed E-state index contributed by atoms with van der Waals surface area (Å²) >= 11 is 0. The highest BCUT2D eigenvalue weighted by Gasteiger charge is 2.30. The molecule has 0 heterocycles. The SMILES string of the molecule is CCC(C)c1ccc(O)cc1.CCC(C)c1ccc(OC2(C)CCCC2)cc1. The van der Waals surface area contributed by atoms with Crippen molar-refractivity contribution in [3.63, 3.8) is 0 Å². The minimum absolute atomic E-state index is 0.0812. The van der Waals surface area contributed by atoms with E-state index in [1.165, 1.54) is 43.2 Å². The molecule has 2 unspecified atom stereocenters. The molecule has 0 saturated heterocycles. The minimum Gasteiger partial charge on any atom is -0.508 e. The van der Waals surface area contributed by atoms with Gasteiger partial charge in [-0.15, -0.1) is 0 Å². The van der Waals surface area contributed by atoms with Crippen LogP contribution in [0.5, 0.6) is 11.5 Å². The van der Waals surface area contributed by atoms with E-state index in [1.807, 2.05) is 12.1 Å². The predicted octanol–water partition coefficient (Wildman–Crippen LogP) is 7.82. The number of benzene rings is 2. The molecule has 1 N–H and O–H groups in total. The number of phenolic OH excluding ortho intramolecular Hbond substituents is 1. The second-order valence-electron chi connectivity index (χ2n) is 8.54. The zero-order valence-corrected chi connectivity index (χ0v) is 18.4. The van der Waals surface area contributed by atoms with Crippen molar-refractivity contribution in [1.29, 1.82) is 0 Å². The number of hydrogen-bond acceptors (Lipinski definition) is 2. The molecule has 1 aliphatic rings. The van der Waals surface area contributed by atoms with Gasteiger partial charge >= 0.3 is 0 Å². The van der Waals surface area contributed by atoms with E-state index in [1.54, 1.807) is 12.1 Å². The van der Waals surface area contributed by atoms with Crippen molar-refractivity contribution in [2.45, 2.75) is 90.6 Å². The molecular weight excluding hydrogens is 344 g/mol. The lowest BCUT2D eigenvalue weighted by atomic mass is 9.99. The molecule has 2 aromatic carbocycles. The summed E-state index contributed by atoms with van der Waals surface area (Å²) < 4.78 is 6.13. The van der Waals surface area contributed by atoms with E-state index in [9.17, 15) is 0 Å². The minimum atomic E-state index is 0.0812. The number of hydrogen-bond donors (Lipinski definition) is 1. The van der Waals surface area contributed by atoms with Crippen molar-refractivity contribution in [2.75, 3.05) is 0 Å². The highest BCUT2D eigenvalue weighted by molar-refractivity contribution is 5.30. The molecule has 2 nitrogen and oxygen atoms in total. The van der Waals surface area contributed by atoms with Gasteiger partial charge in [-0.1, -0.05) is 52.0 Å². The summed E-state index contributed by atoms with van der Waals surface area (Å²) in [4.78, 5) is 0. The van der Waals surface area contributed by atoms with Crippen molar-refractivity contribution < 1.29 is 9.84 Å². The first-order valence-electron chi connectivity index (χ1n) is 10.9. The van der Waals surface area contributed by atoms with E-state index >= 15 is 0 Å². The first-order chi connectivity index (χ1) is 13.4. The smallest absolute Gasteiger partial charge is 0.120 e. The lowest BCUT2D eigenvalue weighted by Gasteiger charge is -2.25. The molecule has 0 bridgehead atoms. The Morgan fingerprint density at radius 1 is 0.821 bits per heavy atom. The van der Waals surface area contributed by atoms with Crippen molar-refractivity contribution in [1.82, 2.24) is 0 Å². The predicted molar refractivity (Wildman–Crippen MR) is 119 cm³/mol. The maximum Gasteiger partial charge on any atom is 0.120 e. The monoisotopic (exact) mass is 382 g/mol. The normalized spacial score (nSPS) is 17.3. The van der Waals surface area contributed by atoms with Gasteiger partial charge in [-0.2, -0.15) is 0 Å². The average molecular weight is 383 g/mol. The lowest BCUT2D eigenvalue weighted by Crippen LogP contribution is -2.27. The second-order valence-corrected chi connectivity index (χ2v) is 8.54. The Hall–Kier alpha value is -1.96. The van der Waals surface area contributed by atoms with Crippen molar-refractivity contribution in [3.05, 3.63) is 59.7 Å². The molecule has 0 aromatic heterocycles. The Bertz CT molecular complexity index is 681. The third kappa shape index (κ3) is 6.58. The van der Waals surface area contributed by atoms with Crippen LogP contribution in [-0.4, -0.2) is 10.7 Å². The third-order valence-corrected chi connectivity index (χ3v) is 6.16. The maximum absolute atomic E-state index is 9.01. The fraction of sp³-hybridized carbons (Fsp3) is 0.538. The summed E-state index contributed by atoms with van der Waals surface area (Å²) in [5, 5.41) is 9.01. The van der Waals surface area contributed by atoms with Crippen LogP contribution in [0.25, 0.3) is 0 Å². The third-order valence-electron chi connectivity index (χ3n) is 6.16. The average Bonchev–Trinajstić information content (AvgIpc) is 3.14. The van der Waals surface area contributed by atoms with Gasteiger partial charge in [0.05, 0.1) is 0 Å². The largest absolute Gasteiger partial charge is 0.508 e. The molecule has 1 aliphatic carbocycles. The van der Waals surface area contributed by atoms with E-state index in [4.69, 9.17) is 9.84 Å². The van der Waals surface area contributed by atoms with E-state index < -0.39 is 0 Å². The van der Waals surface area contributed by atoms with E-state index in [0.717, 1.165) is 12.2 Å². The summed E-state index contributed by atoms with van der Waals surface area (Å²) in [6.45, 7) is 11.1. The number of ether oxygens (including phenoxy) is 1. The Morgan fingerprint density at radius 3 is 1.68 bits per heavy atom. The number of rotatable bonds is 6. The molecule has 2 aromatic rings. The number of phenols is 1. The van der Waals surface area contributed by atoms with Gasteiger partial charge in [-0.25, -0.2) is 0 Å². The van der Waals surface area contributed by atoms with Gasteiger partial charge in [0.1, 0.15) is 17.1 Å². The molecule has 1 saturated carbocycles. The van der Waals surface area contributed by atoms with E-state index in [0.29, 0.717) is 17.6 Å². The zero-order valence-electron chi connectivity index (χ0n) is 18.4. The fourth-order valence-electron chi connectivity index (χ4n) is 3.65. The van der Waals surface area contributed by atoms with Crippen LogP contribution < -0.4 is 4.74 Å². The summed E-state index contributed by atoms with van der Waals surface area (Å²) in [6, 6.07) is 16.1. The summed E-state index contributed by atoms with van der Waals surface area (Å²) in [6.07, 6.45) is 7.34. The topological polar surface area (TPSA) is 29.5 Å². The van der Waals surface area contributed by atoms with Crippen molar-refractivity contribution >= 4 is 0 Å². The molecule has 2 heteroatoms. The van der Waals surface area contributed by atoms with E-state index in [-0.39, 0.29) is 5.60 Å². The van der Waals surface area contributed by atoms with Gasteiger partial charge in [0, 0.05) is 0 Å². The molecular formula is C26H38O2. The van der Waals surface area contributed by atoms with Crippen molar-refractivity contribution in [2.24, 2.45) is 0 Å². The molecule has 154 valence electrons. The van der Waals surface area contributed by atoms with Gasteiger partial charge in [0.2, 0.25) is 0 Å². The van der Waals surface area contributed by atoms with Gasteiger partial charge < -0.3 is 9.84 Å². The second kappa shape index (κ2) is 10.5. The first-order valence-corrected chi connectivity index (χ1v) is 10.9. The Labute approximate surface area is 172 Å². The molecule has 2 atom stereocenters. The zero-order chi connectivity index (χ0) is 20.6. The lowest BCUT2D eigenvalue weighted by molar-refractivity contribution is 0.0968. The maximum atomic E-state index is 9.01. The van der Waals surface area contributed by atoms with Gasteiger partial charge in [0.25, 0.3) is 0 Å². The summed E-state index contributed by atoms with van der Waals surface area (Å²) in [7, 11) is 0. The quantitative estimate of drug-likeness (QED) is 0.552. The van der Waals surface area contributed by atoms with Gasteiger partial charge in [0.15, 0.2) is 0 Å². The molecule has 0 radical (unpaired) electrons. The summed E-state index contributed by atoms with van der Waals surface area (Å²) in [5.41, 5.74) is 2.79. The van der Waals surface area contributed by atoms with Crippen LogP contribution in [0.4, 0.5) is 0 Å². The van der Waals surface area contributed by atoms with E-state index in [2.05, 4.69) is 58.9 Å².